The number of hydrogen-bond acceptors (Lipinski definition) is 5. The number of morpholine rings is 1. The summed E-state index contributed by atoms with van der Waals surface area (Å²) in [5.74, 6) is 0.413. The number of carbonyl (C=O) groups excluding carboxylic acids is 1. The second-order valence-corrected chi connectivity index (χ2v) is 5.20. The number of hydrogen-bond donors (Lipinski definition) is 2. The standard InChI is InChI=1S/C14H22N4O3/c1-10-12(14(20)17-11(2)16-10)9-13(19)15-3-4-18-5-7-21-8-6-18/h3-9H2,1-2H3,(H,15,19)(H,16,17,20). The van der Waals surface area contributed by atoms with Crippen molar-refractivity contribution in [3.05, 3.63) is 27.4 Å². The number of aromatic nitrogens is 2. The molecule has 0 aliphatic carbocycles. The summed E-state index contributed by atoms with van der Waals surface area (Å²) in [7, 11) is 0. The molecule has 0 radical (unpaired) electrons. The minimum absolute atomic E-state index is 0.0670. The van der Waals surface area contributed by atoms with Gasteiger partial charge in [0.2, 0.25) is 5.91 Å². The van der Waals surface area contributed by atoms with Crippen molar-refractivity contribution in [2.24, 2.45) is 0 Å². The third kappa shape index (κ3) is 4.64. The number of aromatic amines is 1. The molecule has 2 heterocycles. The van der Waals surface area contributed by atoms with Crippen LogP contribution in [0.4, 0.5) is 0 Å². The van der Waals surface area contributed by atoms with Crippen LogP contribution in [0.25, 0.3) is 0 Å². The lowest BCUT2D eigenvalue weighted by atomic mass is 10.1. The summed E-state index contributed by atoms with van der Waals surface area (Å²) in [6.45, 7) is 8.15. The zero-order valence-electron chi connectivity index (χ0n) is 12.6. The van der Waals surface area contributed by atoms with Crippen LogP contribution < -0.4 is 10.9 Å². The van der Waals surface area contributed by atoms with Crippen LogP contribution in [-0.2, 0) is 16.0 Å². The lowest BCUT2D eigenvalue weighted by molar-refractivity contribution is -0.120. The zero-order chi connectivity index (χ0) is 15.2. The molecule has 116 valence electrons. The van der Waals surface area contributed by atoms with Crippen LogP contribution in [0.5, 0.6) is 0 Å². The Labute approximate surface area is 123 Å². The molecule has 1 fully saturated rings. The van der Waals surface area contributed by atoms with Crippen molar-refractivity contribution >= 4 is 5.91 Å². The van der Waals surface area contributed by atoms with Crippen molar-refractivity contribution in [3.63, 3.8) is 0 Å². The number of carbonyl (C=O) groups is 1. The Kier molecular flexibility index (Phi) is 5.46. The third-order valence-electron chi connectivity index (χ3n) is 3.53. The first-order valence-corrected chi connectivity index (χ1v) is 7.19. The van der Waals surface area contributed by atoms with Crippen molar-refractivity contribution in [1.82, 2.24) is 20.2 Å². The van der Waals surface area contributed by atoms with Gasteiger partial charge in [-0.25, -0.2) is 4.98 Å². The molecule has 1 saturated heterocycles. The van der Waals surface area contributed by atoms with E-state index < -0.39 is 0 Å². The molecule has 0 bridgehead atoms. The number of nitrogens with one attached hydrogen (secondary N) is 2. The number of ether oxygens (including phenoxy) is 1. The predicted octanol–water partition coefficient (Wildman–Crippen LogP) is -0.622. The molecular formula is C14H22N4O3. The molecule has 7 heteroatoms. The molecule has 21 heavy (non-hydrogen) atoms. The van der Waals surface area contributed by atoms with E-state index in [2.05, 4.69) is 20.2 Å². The van der Waals surface area contributed by atoms with E-state index in [1.807, 2.05) is 0 Å². The zero-order valence-corrected chi connectivity index (χ0v) is 12.6. The van der Waals surface area contributed by atoms with Gasteiger partial charge in [0.15, 0.2) is 0 Å². The molecule has 0 spiro atoms. The van der Waals surface area contributed by atoms with Crippen molar-refractivity contribution in [2.45, 2.75) is 20.3 Å². The summed E-state index contributed by atoms with van der Waals surface area (Å²) in [6, 6.07) is 0. The number of amides is 1. The predicted molar refractivity (Wildman–Crippen MR) is 78.3 cm³/mol. The van der Waals surface area contributed by atoms with Gasteiger partial charge in [-0.1, -0.05) is 0 Å². The van der Waals surface area contributed by atoms with Gasteiger partial charge in [-0.05, 0) is 13.8 Å². The molecule has 0 unspecified atom stereocenters. The highest BCUT2D eigenvalue weighted by Crippen LogP contribution is 2.00. The molecule has 7 nitrogen and oxygen atoms in total. The van der Waals surface area contributed by atoms with Crippen molar-refractivity contribution < 1.29 is 9.53 Å². The Morgan fingerprint density at radius 3 is 2.76 bits per heavy atom. The van der Waals surface area contributed by atoms with Crippen LogP contribution in [0.1, 0.15) is 17.1 Å². The maximum absolute atomic E-state index is 11.9. The smallest absolute Gasteiger partial charge is 0.254 e. The molecule has 1 aromatic heterocycles. The van der Waals surface area contributed by atoms with Crippen LogP contribution in [-0.4, -0.2) is 60.2 Å². The van der Waals surface area contributed by atoms with Crippen molar-refractivity contribution in [1.29, 1.82) is 0 Å². The van der Waals surface area contributed by atoms with E-state index in [1.54, 1.807) is 13.8 Å². The van der Waals surface area contributed by atoms with Crippen molar-refractivity contribution in [3.8, 4) is 0 Å². The van der Waals surface area contributed by atoms with Crippen LogP contribution in [0.15, 0.2) is 4.79 Å². The van der Waals surface area contributed by atoms with Gasteiger partial charge in [0.1, 0.15) is 5.82 Å². The Morgan fingerprint density at radius 2 is 2.10 bits per heavy atom. The first-order chi connectivity index (χ1) is 10.1. The molecular weight excluding hydrogens is 272 g/mol. The van der Waals surface area contributed by atoms with Gasteiger partial charge in [-0.3, -0.25) is 14.5 Å². The van der Waals surface area contributed by atoms with Gasteiger partial charge < -0.3 is 15.0 Å². The quantitative estimate of drug-likeness (QED) is 0.755. The molecule has 1 aliphatic rings. The summed E-state index contributed by atoms with van der Waals surface area (Å²) >= 11 is 0. The van der Waals surface area contributed by atoms with Gasteiger partial charge in [0.05, 0.1) is 19.6 Å². The summed E-state index contributed by atoms with van der Waals surface area (Å²) in [5.41, 5.74) is 0.812. The first-order valence-electron chi connectivity index (χ1n) is 7.19. The molecule has 1 aromatic rings. The van der Waals surface area contributed by atoms with Crippen molar-refractivity contribution in [2.75, 3.05) is 39.4 Å². The lowest BCUT2D eigenvalue weighted by Gasteiger charge is -2.26. The largest absolute Gasteiger partial charge is 0.379 e. The Morgan fingerprint density at radius 1 is 1.38 bits per heavy atom. The highest BCUT2D eigenvalue weighted by molar-refractivity contribution is 5.78. The van der Waals surface area contributed by atoms with E-state index in [-0.39, 0.29) is 17.9 Å². The van der Waals surface area contributed by atoms with Crippen LogP contribution >= 0.6 is 0 Å². The van der Waals surface area contributed by atoms with Gasteiger partial charge in [-0.15, -0.1) is 0 Å². The summed E-state index contributed by atoms with van der Waals surface area (Å²) in [4.78, 5) is 32.8. The second kappa shape index (κ2) is 7.33. The van der Waals surface area contributed by atoms with Gasteiger partial charge >= 0.3 is 0 Å². The topological polar surface area (TPSA) is 87.3 Å². The minimum atomic E-state index is -0.233. The van der Waals surface area contributed by atoms with E-state index in [9.17, 15) is 9.59 Å². The Hall–Kier alpha value is -1.73. The third-order valence-corrected chi connectivity index (χ3v) is 3.53. The Bertz CT molecular complexity index is 550. The van der Waals surface area contributed by atoms with Gasteiger partial charge in [0, 0.05) is 37.4 Å². The van der Waals surface area contributed by atoms with Crippen LogP contribution in [0.3, 0.4) is 0 Å². The highest BCUT2D eigenvalue weighted by Gasteiger charge is 2.13. The maximum Gasteiger partial charge on any atom is 0.254 e. The van der Waals surface area contributed by atoms with E-state index in [0.29, 0.717) is 23.6 Å². The monoisotopic (exact) mass is 294 g/mol. The van der Waals surface area contributed by atoms with Gasteiger partial charge in [-0.2, -0.15) is 0 Å². The minimum Gasteiger partial charge on any atom is -0.379 e. The fraction of sp³-hybridized carbons (Fsp3) is 0.643. The summed E-state index contributed by atoms with van der Waals surface area (Å²) < 4.78 is 5.27. The average Bonchev–Trinajstić information content (AvgIpc) is 2.44. The van der Waals surface area contributed by atoms with E-state index in [1.165, 1.54) is 0 Å². The molecule has 2 N–H and O–H groups in total. The maximum atomic E-state index is 11.9. The molecule has 1 amide bonds. The SMILES string of the molecule is Cc1nc(C)c(CC(=O)NCCN2CCOCC2)c(=O)[nH]1. The lowest BCUT2D eigenvalue weighted by Crippen LogP contribution is -2.41. The van der Waals surface area contributed by atoms with Gasteiger partial charge in [0.25, 0.3) is 5.56 Å². The van der Waals surface area contributed by atoms with Crippen LogP contribution in [0.2, 0.25) is 0 Å². The second-order valence-electron chi connectivity index (χ2n) is 5.20. The summed E-state index contributed by atoms with van der Waals surface area (Å²) in [5, 5.41) is 2.85. The fourth-order valence-corrected chi connectivity index (χ4v) is 2.36. The molecule has 1 aliphatic heterocycles. The van der Waals surface area contributed by atoms with E-state index >= 15 is 0 Å². The molecule has 0 atom stereocenters. The number of H-pyrrole nitrogens is 1. The Balaban J connectivity index is 1.80. The first kappa shape index (κ1) is 15.7. The highest BCUT2D eigenvalue weighted by atomic mass is 16.5. The number of rotatable bonds is 5. The van der Waals surface area contributed by atoms with E-state index in [0.717, 1.165) is 32.8 Å². The molecule has 0 saturated carbocycles. The fourth-order valence-electron chi connectivity index (χ4n) is 2.36. The molecule has 2 rings (SSSR count). The normalized spacial score (nSPS) is 15.9. The van der Waals surface area contributed by atoms with Crippen LogP contribution in [0, 0.1) is 13.8 Å². The van der Waals surface area contributed by atoms with E-state index in [4.69, 9.17) is 4.74 Å². The average molecular weight is 294 g/mol. The summed E-state index contributed by atoms with van der Waals surface area (Å²) in [6.07, 6.45) is 0.0670. The molecule has 0 aromatic carbocycles. The number of aryl methyl sites for hydroxylation is 2. The number of nitrogens with zero attached hydrogens (tertiary/aromatic N) is 2.